The van der Waals surface area contributed by atoms with Crippen LogP contribution in [0.4, 0.5) is 8.78 Å². The molecule has 0 unspecified atom stereocenters. The molecule has 94 valence electrons. The summed E-state index contributed by atoms with van der Waals surface area (Å²) in [4.78, 5) is 10.6. The van der Waals surface area contributed by atoms with Crippen molar-refractivity contribution in [2.45, 2.75) is 25.8 Å². The second-order valence-electron chi connectivity index (χ2n) is 3.48. The number of aliphatic carboxylic acids is 1. The summed E-state index contributed by atoms with van der Waals surface area (Å²) < 4.78 is 28.7. The molecule has 0 spiro atoms. The number of halogens is 3. The van der Waals surface area contributed by atoms with Crippen LogP contribution in [0.2, 0.25) is 0 Å². The molecular formula is C11H11ClF2O3. The monoisotopic (exact) mass is 264 g/mol. The molecule has 0 fully saturated rings. The number of hydrogen-bond acceptors (Lipinski definition) is 2. The van der Waals surface area contributed by atoms with Crippen molar-refractivity contribution in [2.24, 2.45) is 0 Å². The fourth-order valence-electron chi connectivity index (χ4n) is 1.53. The highest BCUT2D eigenvalue weighted by Crippen LogP contribution is 2.28. The number of alkyl halides is 3. The summed E-state index contributed by atoms with van der Waals surface area (Å²) in [6.45, 7) is -1.29. The Morgan fingerprint density at radius 1 is 1.53 bits per heavy atom. The van der Waals surface area contributed by atoms with E-state index in [-0.39, 0.29) is 18.1 Å². The summed E-state index contributed by atoms with van der Waals surface area (Å²) in [5, 5.41) is 8.72. The van der Waals surface area contributed by atoms with E-state index in [9.17, 15) is 13.6 Å². The summed E-state index contributed by atoms with van der Waals surface area (Å²) in [5.41, 5.74) is 1.33. The predicted molar refractivity (Wildman–Crippen MR) is 58.7 cm³/mol. The second kappa shape index (κ2) is 5.82. The highest BCUT2D eigenvalue weighted by molar-refractivity contribution is 6.17. The van der Waals surface area contributed by atoms with Crippen LogP contribution in [0.5, 0.6) is 5.75 Å². The third-order valence-electron chi connectivity index (χ3n) is 2.14. The fourth-order valence-corrected chi connectivity index (χ4v) is 1.83. The summed E-state index contributed by atoms with van der Waals surface area (Å²) >= 11 is 5.64. The first-order chi connectivity index (χ1) is 7.93. The first-order valence-corrected chi connectivity index (χ1v) is 5.32. The quantitative estimate of drug-likeness (QED) is 0.832. The lowest BCUT2D eigenvalue weighted by atomic mass is 10.0. The Morgan fingerprint density at radius 3 is 2.65 bits per heavy atom. The molecule has 1 aromatic carbocycles. The van der Waals surface area contributed by atoms with Gasteiger partial charge in [0.15, 0.2) is 0 Å². The normalized spacial score (nSPS) is 10.6. The molecule has 0 bridgehead atoms. The molecule has 1 rings (SSSR count). The molecule has 0 aliphatic carbocycles. The molecule has 0 amide bonds. The van der Waals surface area contributed by atoms with Gasteiger partial charge in [0.2, 0.25) is 0 Å². The van der Waals surface area contributed by atoms with Crippen LogP contribution in [-0.2, 0) is 17.1 Å². The first-order valence-electron chi connectivity index (χ1n) is 4.79. The van der Waals surface area contributed by atoms with Gasteiger partial charge >= 0.3 is 12.6 Å². The van der Waals surface area contributed by atoms with Crippen LogP contribution >= 0.6 is 11.6 Å². The van der Waals surface area contributed by atoms with Gasteiger partial charge in [0.25, 0.3) is 0 Å². The maximum atomic E-state index is 12.2. The SMILES string of the molecule is Cc1cc(CC(=O)O)c(CCl)c(OC(F)F)c1. The molecule has 3 nitrogen and oxygen atoms in total. The minimum absolute atomic E-state index is 0.0637. The van der Waals surface area contributed by atoms with Gasteiger partial charge in [0, 0.05) is 5.56 Å². The van der Waals surface area contributed by atoms with Gasteiger partial charge in [-0.3, -0.25) is 4.79 Å². The van der Waals surface area contributed by atoms with E-state index in [4.69, 9.17) is 16.7 Å². The zero-order chi connectivity index (χ0) is 13.0. The minimum atomic E-state index is -2.96. The third-order valence-corrected chi connectivity index (χ3v) is 2.40. The van der Waals surface area contributed by atoms with Crippen LogP contribution < -0.4 is 4.74 Å². The van der Waals surface area contributed by atoms with Crippen LogP contribution in [0.25, 0.3) is 0 Å². The summed E-state index contributed by atoms with van der Waals surface area (Å²) in [6, 6.07) is 3.01. The Balaban J connectivity index is 3.19. The standard InChI is InChI=1S/C11H11ClF2O3/c1-6-2-7(4-10(15)16)8(5-12)9(3-6)17-11(13)14/h2-3,11H,4-5H2,1H3,(H,15,16). The van der Waals surface area contributed by atoms with Gasteiger partial charge in [-0.25, -0.2) is 0 Å². The fraction of sp³-hybridized carbons (Fsp3) is 0.364. The summed E-state index contributed by atoms with van der Waals surface area (Å²) in [5.74, 6) is -1.19. The van der Waals surface area contributed by atoms with Crippen LogP contribution in [-0.4, -0.2) is 17.7 Å². The maximum absolute atomic E-state index is 12.2. The van der Waals surface area contributed by atoms with Gasteiger partial charge in [-0.05, 0) is 24.1 Å². The van der Waals surface area contributed by atoms with Crippen molar-refractivity contribution in [3.63, 3.8) is 0 Å². The molecule has 0 saturated carbocycles. The topological polar surface area (TPSA) is 46.5 Å². The summed E-state index contributed by atoms with van der Waals surface area (Å²) in [6.07, 6.45) is -0.274. The van der Waals surface area contributed by atoms with E-state index in [0.717, 1.165) is 0 Å². The van der Waals surface area contributed by atoms with E-state index in [2.05, 4.69) is 4.74 Å². The zero-order valence-electron chi connectivity index (χ0n) is 9.04. The van der Waals surface area contributed by atoms with Crippen LogP contribution in [0.1, 0.15) is 16.7 Å². The van der Waals surface area contributed by atoms with Crippen molar-refractivity contribution in [3.8, 4) is 5.75 Å². The molecule has 0 aliphatic rings. The Hall–Kier alpha value is -1.36. The molecule has 0 atom stereocenters. The molecule has 0 aromatic heterocycles. The van der Waals surface area contributed by atoms with E-state index in [0.29, 0.717) is 16.7 Å². The van der Waals surface area contributed by atoms with Crippen molar-refractivity contribution >= 4 is 17.6 Å². The molecule has 0 saturated heterocycles. The number of carboxylic acid groups (broad SMARTS) is 1. The molecule has 6 heteroatoms. The lowest BCUT2D eigenvalue weighted by Gasteiger charge is -2.13. The maximum Gasteiger partial charge on any atom is 0.387 e. The van der Waals surface area contributed by atoms with Gasteiger partial charge in [-0.1, -0.05) is 6.07 Å². The van der Waals surface area contributed by atoms with Crippen molar-refractivity contribution in [3.05, 3.63) is 28.8 Å². The lowest BCUT2D eigenvalue weighted by Crippen LogP contribution is -2.09. The lowest BCUT2D eigenvalue weighted by molar-refractivity contribution is -0.136. The highest BCUT2D eigenvalue weighted by Gasteiger charge is 2.15. The molecule has 1 N–H and O–H groups in total. The Bertz CT molecular complexity index is 421. The predicted octanol–water partition coefficient (Wildman–Crippen LogP) is 2.96. The van der Waals surface area contributed by atoms with Gasteiger partial charge < -0.3 is 9.84 Å². The first kappa shape index (κ1) is 13.7. The van der Waals surface area contributed by atoms with Gasteiger partial charge in [0.1, 0.15) is 5.75 Å². The number of rotatable bonds is 5. The number of hydrogen-bond donors (Lipinski definition) is 1. The number of carboxylic acids is 1. The zero-order valence-corrected chi connectivity index (χ0v) is 9.80. The molecule has 0 radical (unpaired) electrons. The Labute approximate surface area is 102 Å². The molecule has 1 aromatic rings. The number of benzene rings is 1. The van der Waals surface area contributed by atoms with Crippen molar-refractivity contribution in [1.29, 1.82) is 0 Å². The van der Waals surface area contributed by atoms with E-state index < -0.39 is 12.6 Å². The third kappa shape index (κ3) is 3.85. The molecule has 17 heavy (non-hydrogen) atoms. The van der Waals surface area contributed by atoms with Gasteiger partial charge in [-0.2, -0.15) is 8.78 Å². The van der Waals surface area contributed by atoms with E-state index in [1.807, 2.05) is 0 Å². The average molecular weight is 265 g/mol. The minimum Gasteiger partial charge on any atom is -0.481 e. The van der Waals surface area contributed by atoms with E-state index >= 15 is 0 Å². The van der Waals surface area contributed by atoms with E-state index in [1.165, 1.54) is 6.07 Å². The number of ether oxygens (including phenoxy) is 1. The smallest absolute Gasteiger partial charge is 0.387 e. The van der Waals surface area contributed by atoms with Gasteiger partial charge in [-0.15, -0.1) is 11.6 Å². The van der Waals surface area contributed by atoms with Crippen molar-refractivity contribution in [1.82, 2.24) is 0 Å². The molecule has 0 heterocycles. The van der Waals surface area contributed by atoms with Crippen LogP contribution in [0.15, 0.2) is 12.1 Å². The van der Waals surface area contributed by atoms with Crippen molar-refractivity contribution < 1.29 is 23.4 Å². The van der Waals surface area contributed by atoms with Crippen LogP contribution in [0.3, 0.4) is 0 Å². The number of aryl methyl sites for hydroxylation is 1. The summed E-state index contributed by atoms with van der Waals surface area (Å²) in [7, 11) is 0. The van der Waals surface area contributed by atoms with Gasteiger partial charge in [0.05, 0.1) is 12.3 Å². The second-order valence-corrected chi connectivity index (χ2v) is 3.75. The average Bonchev–Trinajstić information content (AvgIpc) is 2.14. The highest BCUT2D eigenvalue weighted by atomic mass is 35.5. The molecule has 0 aliphatic heterocycles. The van der Waals surface area contributed by atoms with Crippen molar-refractivity contribution in [2.75, 3.05) is 0 Å². The van der Waals surface area contributed by atoms with E-state index in [1.54, 1.807) is 13.0 Å². The Morgan fingerprint density at radius 2 is 2.18 bits per heavy atom. The molecular weight excluding hydrogens is 254 g/mol. The number of carbonyl (C=O) groups is 1. The Kier molecular flexibility index (Phi) is 4.69. The largest absolute Gasteiger partial charge is 0.481 e. The van der Waals surface area contributed by atoms with Crippen LogP contribution in [0, 0.1) is 6.92 Å².